The first kappa shape index (κ1) is 25.3. The summed E-state index contributed by atoms with van der Waals surface area (Å²) in [5, 5.41) is 38.3. The Bertz CT molecular complexity index is 713. The van der Waals surface area contributed by atoms with Gasteiger partial charge in [0.1, 0.15) is 11.8 Å². The predicted molar refractivity (Wildman–Crippen MR) is 114 cm³/mol. The van der Waals surface area contributed by atoms with Crippen molar-refractivity contribution in [3.63, 3.8) is 0 Å². The van der Waals surface area contributed by atoms with Crippen LogP contribution in [0.2, 0.25) is 0 Å². The van der Waals surface area contributed by atoms with Gasteiger partial charge in [0.05, 0.1) is 17.8 Å². The number of rotatable bonds is 11. The van der Waals surface area contributed by atoms with E-state index in [1.165, 1.54) is 24.6 Å². The minimum atomic E-state index is -1.90. The van der Waals surface area contributed by atoms with Crippen molar-refractivity contribution in [3.8, 4) is 0 Å². The minimum absolute atomic E-state index is 0.0468. The van der Waals surface area contributed by atoms with Crippen LogP contribution in [0.3, 0.4) is 0 Å². The van der Waals surface area contributed by atoms with Gasteiger partial charge in [-0.05, 0) is 34.6 Å². The zero-order valence-electron chi connectivity index (χ0n) is 16.9. The highest BCUT2D eigenvalue weighted by molar-refractivity contribution is 14.1. The number of halogens is 1. The highest BCUT2D eigenvalue weighted by atomic mass is 127. The number of nitroso groups, excluding NO2 is 1. The molecule has 13 nitrogen and oxygen atoms in total. The van der Waals surface area contributed by atoms with E-state index in [4.69, 9.17) is 21.1 Å². The standard InChI is InChI=1S/C15H27IN8O5/c1-10(19-26)14(3,4)23(16)9-12(8-22-7-6-18-13(22)21-28)29-24(17)15(5,25)11(2)20-27/h6-7,12,25-27H,8-9,17H2,1-5H3/b19-10+,20-11+/t12?,15-/m0/s1. The predicted octanol–water partition coefficient (Wildman–Crippen LogP) is 1.60. The van der Waals surface area contributed by atoms with Gasteiger partial charge in [-0.3, -0.25) is 4.84 Å². The van der Waals surface area contributed by atoms with E-state index < -0.39 is 17.4 Å². The maximum atomic E-state index is 10.9. The first-order chi connectivity index (χ1) is 13.4. The Hall–Kier alpha value is -1.72. The minimum Gasteiger partial charge on any atom is -0.411 e. The number of hydrogen-bond donors (Lipinski definition) is 4. The Morgan fingerprint density at radius 2 is 1.93 bits per heavy atom. The summed E-state index contributed by atoms with van der Waals surface area (Å²) in [4.78, 5) is 20.5. The lowest BCUT2D eigenvalue weighted by molar-refractivity contribution is -0.289. The molecular formula is C15H27IN8O5. The molecule has 0 saturated heterocycles. The van der Waals surface area contributed by atoms with Gasteiger partial charge >= 0.3 is 0 Å². The van der Waals surface area contributed by atoms with Crippen LogP contribution in [0.15, 0.2) is 27.9 Å². The summed E-state index contributed by atoms with van der Waals surface area (Å²) in [6, 6.07) is 0. The molecule has 1 heterocycles. The molecule has 29 heavy (non-hydrogen) atoms. The topological polar surface area (TPSA) is 174 Å². The summed E-state index contributed by atoms with van der Waals surface area (Å²) in [5.41, 5.74) is -2.18. The van der Waals surface area contributed by atoms with Crippen LogP contribution in [0.25, 0.3) is 0 Å². The number of hydrogen-bond acceptors (Lipinski definition) is 12. The summed E-state index contributed by atoms with van der Waals surface area (Å²) in [7, 11) is 0. The third kappa shape index (κ3) is 6.13. The van der Waals surface area contributed by atoms with Crippen molar-refractivity contribution in [1.29, 1.82) is 0 Å². The molecule has 0 fully saturated rings. The van der Waals surface area contributed by atoms with Crippen LogP contribution >= 0.6 is 22.9 Å². The number of aromatic nitrogens is 2. The largest absolute Gasteiger partial charge is 0.411 e. The lowest BCUT2D eigenvalue weighted by atomic mass is 9.99. The second kappa shape index (κ2) is 10.4. The quantitative estimate of drug-likeness (QED) is 0.0488. The monoisotopic (exact) mass is 526 g/mol. The Kier molecular flexibility index (Phi) is 9.04. The zero-order valence-corrected chi connectivity index (χ0v) is 19.0. The maximum Gasteiger partial charge on any atom is 0.271 e. The summed E-state index contributed by atoms with van der Waals surface area (Å²) >= 11 is 2.05. The van der Waals surface area contributed by atoms with Crippen molar-refractivity contribution in [2.45, 2.75) is 58.5 Å². The van der Waals surface area contributed by atoms with E-state index in [2.05, 4.69) is 43.3 Å². The second-order valence-electron chi connectivity index (χ2n) is 7.02. The Morgan fingerprint density at radius 1 is 1.34 bits per heavy atom. The molecule has 164 valence electrons. The Morgan fingerprint density at radius 3 is 2.45 bits per heavy atom. The van der Waals surface area contributed by atoms with Gasteiger partial charge in [0.2, 0.25) is 0 Å². The molecule has 1 aromatic rings. The van der Waals surface area contributed by atoms with E-state index in [0.717, 1.165) is 0 Å². The third-order valence-electron chi connectivity index (χ3n) is 4.71. The average molecular weight is 526 g/mol. The number of hydrazine groups is 1. The van der Waals surface area contributed by atoms with Gasteiger partial charge in [0, 0.05) is 47.0 Å². The number of nitrogens with zero attached hydrogens (tertiary/aromatic N) is 7. The van der Waals surface area contributed by atoms with Crippen LogP contribution in [0, 0.1) is 4.91 Å². The van der Waals surface area contributed by atoms with Crippen LogP contribution in [-0.4, -0.2) is 68.7 Å². The molecule has 1 rings (SSSR count). The molecule has 1 unspecified atom stereocenters. The van der Waals surface area contributed by atoms with Crippen LogP contribution in [0.4, 0.5) is 5.95 Å². The summed E-state index contributed by atoms with van der Waals surface area (Å²) in [6.07, 6.45) is 2.26. The van der Waals surface area contributed by atoms with Crippen molar-refractivity contribution in [3.05, 3.63) is 17.3 Å². The lowest BCUT2D eigenvalue weighted by Gasteiger charge is -2.38. The zero-order chi connectivity index (χ0) is 22.4. The molecule has 2 atom stereocenters. The Balaban J connectivity index is 3.13. The lowest BCUT2D eigenvalue weighted by Crippen LogP contribution is -2.58. The molecule has 14 heteroatoms. The van der Waals surface area contributed by atoms with E-state index in [-0.39, 0.29) is 24.7 Å². The number of oxime groups is 2. The molecule has 0 radical (unpaired) electrons. The molecule has 0 aliphatic carbocycles. The SMILES string of the molecule is C/C(=N\O)C(C)(C)N(I)CC(Cn1ccnc1N=O)ON(N)[C@@](C)(O)/C(C)=N/O. The highest BCUT2D eigenvalue weighted by Gasteiger charge is 2.36. The number of nitrogens with two attached hydrogens (primary N) is 1. The molecule has 0 aliphatic heterocycles. The van der Waals surface area contributed by atoms with Crippen LogP contribution in [-0.2, 0) is 11.4 Å². The van der Waals surface area contributed by atoms with Crippen molar-refractivity contribution in [1.82, 2.24) is 17.8 Å². The van der Waals surface area contributed by atoms with Crippen LogP contribution in [0.5, 0.6) is 0 Å². The van der Waals surface area contributed by atoms with Gasteiger partial charge in [-0.25, -0.2) is 13.9 Å². The molecule has 0 bridgehead atoms. The van der Waals surface area contributed by atoms with E-state index in [1.54, 1.807) is 13.1 Å². The summed E-state index contributed by atoms with van der Waals surface area (Å²) in [6.45, 7) is 8.38. The molecule has 0 saturated carbocycles. The van der Waals surface area contributed by atoms with Gasteiger partial charge in [-0.1, -0.05) is 15.5 Å². The molecule has 1 aromatic heterocycles. The maximum absolute atomic E-state index is 10.9. The molecule has 0 spiro atoms. The Labute approximate surface area is 182 Å². The van der Waals surface area contributed by atoms with Crippen LogP contribution in [0.1, 0.15) is 34.6 Å². The van der Waals surface area contributed by atoms with Gasteiger partial charge < -0.3 is 20.1 Å². The van der Waals surface area contributed by atoms with E-state index >= 15 is 0 Å². The van der Waals surface area contributed by atoms with Crippen molar-refractivity contribution < 1.29 is 20.4 Å². The van der Waals surface area contributed by atoms with Gasteiger partial charge in [-0.15, -0.1) is 4.91 Å². The van der Waals surface area contributed by atoms with Gasteiger partial charge in [0.25, 0.3) is 5.95 Å². The smallest absolute Gasteiger partial charge is 0.271 e. The number of imidazole rings is 1. The molecule has 0 aromatic carbocycles. The number of aliphatic hydroxyl groups is 1. The van der Waals surface area contributed by atoms with Gasteiger partial charge in [-0.2, -0.15) is 0 Å². The second-order valence-corrected chi connectivity index (χ2v) is 8.18. The van der Waals surface area contributed by atoms with E-state index in [9.17, 15) is 10.0 Å². The summed E-state index contributed by atoms with van der Waals surface area (Å²) < 4.78 is 3.29. The van der Waals surface area contributed by atoms with E-state index in [1.807, 2.05) is 17.0 Å². The molecule has 5 N–H and O–H groups in total. The van der Waals surface area contributed by atoms with Crippen LogP contribution < -0.4 is 5.84 Å². The van der Waals surface area contributed by atoms with E-state index in [0.29, 0.717) is 10.9 Å². The van der Waals surface area contributed by atoms with Crippen molar-refractivity contribution in [2.75, 3.05) is 6.54 Å². The molecular weight excluding hydrogens is 499 g/mol. The number of hydroxylamine groups is 1. The van der Waals surface area contributed by atoms with Gasteiger partial charge in [0.15, 0.2) is 5.72 Å². The first-order valence-corrected chi connectivity index (χ1v) is 9.48. The first-order valence-electron chi connectivity index (χ1n) is 8.52. The molecule has 0 amide bonds. The third-order valence-corrected chi connectivity index (χ3v) is 6.31. The van der Waals surface area contributed by atoms with Crippen molar-refractivity contribution >= 4 is 40.2 Å². The fourth-order valence-corrected chi connectivity index (χ4v) is 2.89. The van der Waals surface area contributed by atoms with Crippen molar-refractivity contribution in [2.24, 2.45) is 21.3 Å². The summed E-state index contributed by atoms with van der Waals surface area (Å²) in [5.74, 6) is 5.83. The molecule has 0 aliphatic rings. The fraction of sp³-hybridized carbons (Fsp3) is 0.667. The average Bonchev–Trinajstić information content (AvgIpc) is 3.12. The highest BCUT2D eigenvalue weighted by Crippen LogP contribution is 2.24. The fourth-order valence-electron chi connectivity index (χ4n) is 2.11. The normalized spacial score (nSPS) is 16.9.